The van der Waals surface area contributed by atoms with Crippen LogP contribution in [-0.2, 0) is 12.1 Å². The minimum atomic E-state index is -0.0976. The van der Waals surface area contributed by atoms with Gasteiger partial charge in [-0.05, 0) is 38.5 Å². The highest BCUT2D eigenvalue weighted by Gasteiger charge is 2.22. The Hall–Kier alpha value is -2.27. The van der Waals surface area contributed by atoms with Crippen molar-refractivity contribution in [1.82, 2.24) is 19.5 Å². The molecule has 5 heteroatoms. The third-order valence-electron chi connectivity index (χ3n) is 3.42. The number of fused-ring (bicyclic) bond motifs is 1. The van der Waals surface area contributed by atoms with Crippen LogP contribution in [0.1, 0.15) is 26.3 Å². The van der Waals surface area contributed by atoms with Crippen molar-refractivity contribution in [2.45, 2.75) is 32.9 Å². The van der Waals surface area contributed by atoms with Gasteiger partial charge in [0.25, 0.3) is 0 Å². The third-order valence-corrected chi connectivity index (χ3v) is 3.42. The minimum absolute atomic E-state index is 0.0976. The van der Waals surface area contributed by atoms with E-state index in [0.29, 0.717) is 6.54 Å². The summed E-state index contributed by atoms with van der Waals surface area (Å²) in [5, 5.41) is 0. The van der Waals surface area contributed by atoms with E-state index >= 15 is 0 Å². The molecular weight excluding hydrogens is 262 g/mol. The monoisotopic (exact) mass is 281 g/mol. The van der Waals surface area contributed by atoms with E-state index in [9.17, 15) is 0 Å². The van der Waals surface area contributed by atoms with Gasteiger partial charge in [-0.15, -0.1) is 0 Å². The molecule has 3 heterocycles. The van der Waals surface area contributed by atoms with E-state index in [-0.39, 0.29) is 5.54 Å². The fourth-order valence-corrected chi connectivity index (χ4v) is 2.46. The van der Waals surface area contributed by atoms with Gasteiger partial charge >= 0.3 is 0 Å². The van der Waals surface area contributed by atoms with Crippen molar-refractivity contribution in [1.29, 1.82) is 0 Å². The normalized spacial score (nSPS) is 12.0. The highest BCUT2D eigenvalue weighted by molar-refractivity contribution is 5.79. The standard InChI is InChI=1S/C16H19N5/c1-16(2,3)21-14-6-7-18-10-13(14)20-15(21)12-5-4-11(8-17)9-19-12/h4-7,9-10H,8,17H2,1-3H3. The van der Waals surface area contributed by atoms with Crippen molar-refractivity contribution >= 4 is 11.0 Å². The zero-order chi connectivity index (χ0) is 15.0. The summed E-state index contributed by atoms with van der Waals surface area (Å²) in [6.07, 6.45) is 5.39. The summed E-state index contributed by atoms with van der Waals surface area (Å²) >= 11 is 0. The Morgan fingerprint density at radius 2 is 1.95 bits per heavy atom. The van der Waals surface area contributed by atoms with Crippen molar-refractivity contribution in [2.24, 2.45) is 5.73 Å². The summed E-state index contributed by atoms with van der Waals surface area (Å²) in [7, 11) is 0. The molecule has 0 aliphatic carbocycles. The molecule has 108 valence electrons. The smallest absolute Gasteiger partial charge is 0.160 e. The fraction of sp³-hybridized carbons (Fsp3) is 0.312. The minimum Gasteiger partial charge on any atom is -0.326 e. The predicted octanol–water partition coefficient (Wildman–Crippen LogP) is 2.71. The van der Waals surface area contributed by atoms with E-state index < -0.39 is 0 Å². The quantitative estimate of drug-likeness (QED) is 0.784. The summed E-state index contributed by atoms with van der Waals surface area (Å²) in [6, 6.07) is 5.96. The van der Waals surface area contributed by atoms with Crippen LogP contribution < -0.4 is 5.73 Å². The number of rotatable bonds is 2. The van der Waals surface area contributed by atoms with E-state index in [0.717, 1.165) is 28.1 Å². The molecule has 5 nitrogen and oxygen atoms in total. The largest absolute Gasteiger partial charge is 0.326 e. The molecule has 3 aromatic rings. The molecule has 0 radical (unpaired) electrons. The number of aromatic nitrogens is 4. The van der Waals surface area contributed by atoms with Crippen LogP contribution in [0.25, 0.3) is 22.6 Å². The van der Waals surface area contributed by atoms with Crippen LogP contribution in [0.2, 0.25) is 0 Å². The van der Waals surface area contributed by atoms with E-state index in [1.54, 1.807) is 18.6 Å². The van der Waals surface area contributed by atoms with Gasteiger partial charge in [-0.3, -0.25) is 9.97 Å². The molecule has 2 N–H and O–H groups in total. The van der Waals surface area contributed by atoms with Gasteiger partial charge in [-0.2, -0.15) is 0 Å². The van der Waals surface area contributed by atoms with Crippen LogP contribution in [0.4, 0.5) is 0 Å². The maximum absolute atomic E-state index is 5.63. The average molecular weight is 281 g/mol. The number of hydrogen-bond acceptors (Lipinski definition) is 4. The van der Waals surface area contributed by atoms with Gasteiger partial charge in [0.1, 0.15) is 11.2 Å². The number of hydrogen-bond donors (Lipinski definition) is 1. The molecule has 0 bridgehead atoms. The highest BCUT2D eigenvalue weighted by atomic mass is 15.1. The summed E-state index contributed by atoms with van der Waals surface area (Å²) < 4.78 is 2.20. The first-order valence-corrected chi connectivity index (χ1v) is 6.99. The van der Waals surface area contributed by atoms with Crippen molar-refractivity contribution in [3.63, 3.8) is 0 Å². The molecule has 0 aliphatic rings. The predicted molar refractivity (Wildman–Crippen MR) is 83.6 cm³/mol. The fourth-order valence-electron chi connectivity index (χ4n) is 2.46. The first-order chi connectivity index (χ1) is 10.0. The van der Waals surface area contributed by atoms with Gasteiger partial charge < -0.3 is 10.3 Å². The first kappa shape index (κ1) is 13.7. The summed E-state index contributed by atoms with van der Waals surface area (Å²) in [5.74, 6) is 0.856. The summed E-state index contributed by atoms with van der Waals surface area (Å²) in [6.45, 7) is 6.97. The van der Waals surface area contributed by atoms with E-state index in [1.165, 1.54) is 0 Å². The molecule has 0 saturated carbocycles. The second-order valence-corrected chi connectivity index (χ2v) is 6.06. The first-order valence-electron chi connectivity index (χ1n) is 6.99. The van der Waals surface area contributed by atoms with E-state index in [2.05, 4.69) is 35.3 Å². The van der Waals surface area contributed by atoms with Gasteiger partial charge in [0.05, 0.1) is 11.7 Å². The Kier molecular flexibility index (Phi) is 3.22. The van der Waals surface area contributed by atoms with Gasteiger partial charge in [0.2, 0.25) is 0 Å². The lowest BCUT2D eigenvalue weighted by atomic mass is 10.1. The summed E-state index contributed by atoms with van der Waals surface area (Å²) in [5.41, 5.74) is 9.34. The maximum Gasteiger partial charge on any atom is 0.160 e. The molecule has 0 aliphatic heterocycles. The second kappa shape index (κ2) is 4.93. The Bertz CT molecular complexity index is 765. The van der Waals surface area contributed by atoms with Crippen molar-refractivity contribution in [3.8, 4) is 11.5 Å². The molecule has 21 heavy (non-hydrogen) atoms. The van der Waals surface area contributed by atoms with Crippen LogP contribution >= 0.6 is 0 Å². The Balaban J connectivity index is 2.25. The highest BCUT2D eigenvalue weighted by Crippen LogP contribution is 2.29. The van der Waals surface area contributed by atoms with E-state index in [4.69, 9.17) is 10.7 Å². The molecule has 0 fully saturated rings. The van der Waals surface area contributed by atoms with Crippen LogP contribution in [-0.4, -0.2) is 19.5 Å². The van der Waals surface area contributed by atoms with Crippen molar-refractivity contribution in [2.75, 3.05) is 0 Å². The molecule has 0 amide bonds. The zero-order valence-corrected chi connectivity index (χ0v) is 12.5. The maximum atomic E-state index is 5.63. The molecule has 0 atom stereocenters. The zero-order valence-electron chi connectivity index (χ0n) is 12.5. The van der Waals surface area contributed by atoms with Crippen LogP contribution in [0.3, 0.4) is 0 Å². The van der Waals surface area contributed by atoms with Gasteiger partial charge in [0, 0.05) is 24.5 Å². The molecule has 0 unspecified atom stereocenters. The van der Waals surface area contributed by atoms with E-state index in [1.807, 2.05) is 18.2 Å². The average Bonchev–Trinajstić information content (AvgIpc) is 2.86. The number of nitrogens with zero attached hydrogens (tertiary/aromatic N) is 4. The molecular formula is C16H19N5. The van der Waals surface area contributed by atoms with Crippen LogP contribution in [0.15, 0.2) is 36.8 Å². The lowest BCUT2D eigenvalue weighted by Gasteiger charge is -2.24. The number of nitrogens with two attached hydrogens (primary N) is 1. The Morgan fingerprint density at radius 3 is 2.57 bits per heavy atom. The molecule has 3 aromatic heterocycles. The Labute approximate surface area is 123 Å². The Morgan fingerprint density at radius 1 is 1.14 bits per heavy atom. The van der Waals surface area contributed by atoms with Crippen LogP contribution in [0, 0.1) is 0 Å². The topological polar surface area (TPSA) is 69.6 Å². The SMILES string of the molecule is CC(C)(C)n1c(-c2ccc(CN)cn2)nc2cnccc21. The lowest BCUT2D eigenvalue weighted by Crippen LogP contribution is -2.22. The molecule has 3 rings (SSSR count). The third kappa shape index (κ3) is 2.40. The molecule has 0 spiro atoms. The van der Waals surface area contributed by atoms with Crippen molar-refractivity contribution < 1.29 is 0 Å². The molecule has 0 saturated heterocycles. The molecule has 0 aromatic carbocycles. The second-order valence-electron chi connectivity index (χ2n) is 6.06. The van der Waals surface area contributed by atoms with Crippen LogP contribution in [0.5, 0.6) is 0 Å². The van der Waals surface area contributed by atoms with Gasteiger partial charge in [-0.25, -0.2) is 4.98 Å². The number of imidazole rings is 1. The lowest BCUT2D eigenvalue weighted by molar-refractivity contribution is 0.412. The van der Waals surface area contributed by atoms with Gasteiger partial charge in [0.15, 0.2) is 5.82 Å². The summed E-state index contributed by atoms with van der Waals surface area (Å²) in [4.78, 5) is 13.4. The van der Waals surface area contributed by atoms with Crippen molar-refractivity contribution in [3.05, 3.63) is 42.4 Å². The number of pyridine rings is 2. The van der Waals surface area contributed by atoms with Gasteiger partial charge in [-0.1, -0.05) is 6.07 Å².